The first-order valence-electron chi connectivity index (χ1n) is 6.44. The summed E-state index contributed by atoms with van der Waals surface area (Å²) in [6.07, 6.45) is 4.61. The fourth-order valence-corrected chi connectivity index (χ4v) is 3.07. The quantitative estimate of drug-likeness (QED) is 0.545. The summed E-state index contributed by atoms with van der Waals surface area (Å²) in [6, 6.07) is 1.49. The minimum absolute atomic E-state index is 0.738. The Bertz CT molecular complexity index is 196. The Morgan fingerprint density at radius 1 is 1.56 bits per heavy atom. The fraction of sp³-hybridized carbons (Fsp3) is 0.846. The highest BCUT2D eigenvalue weighted by molar-refractivity contribution is 7.99. The third-order valence-corrected chi connectivity index (χ3v) is 4.21. The summed E-state index contributed by atoms with van der Waals surface area (Å²) in [4.78, 5) is 2.63. The van der Waals surface area contributed by atoms with Gasteiger partial charge in [0, 0.05) is 30.1 Å². The van der Waals surface area contributed by atoms with Crippen molar-refractivity contribution in [3.8, 4) is 0 Å². The van der Waals surface area contributed by atoms with Crippen LogP contribution < -0.4 is 5.32 Å². The van der Waals surface area contributed by atoms with Crippen molar-refractivity contribution in [2.24, 2.45) is 0 Å². The number of thioether (sulfide) groups is 1. The van der Waals surface area contributed by atoms with Crippen LogP contribution in [0.2, 0.25) is 0 Å². The van der Waals surface area contributed by atoms with Crippen LogP contribution >= 0.6 is 11.8 Å². The van der Waals surface area contributed by atoms with E-state index >= 15 is 0 Å². The van der Waals surface area contributed by atoms with Gasteiger partial charge in [-0.15, -0.1) is 6.58 Å². The Labute approximate surface area is 105 Å². The van der Waals surface area contributed by atoms with Crippen molar-refractivity contribution in [3.63, 3.8) is 0 Å². The van der Waals surface area contributed by atoms with Gasteiger partial charge in [0.25, 0.3) is 0 Å². The maximum atomic E-state index is 3.75. The third kappa shape index (κ3) is 4.89. The summed E-state index contributed by atoms with van der Waals surface area (Å²) in [5.41, 5.74) is 0. The number of nitrogens with one attached hydrogen (secondary N) is 1. The highest BCUT2D eigenvalue weighted by Gasteiger charge is 2.23. The van der Waals surface area contributed by atoms with Crippen LogP contribution in [0.25, 0.3) is 0 Å². The van der Waals surface area contributed by atoms with Crippen molar-refractivity contribution in [1.29, 1.82) is 0 Å². The van der Waals surface area contributed by atoms with E-state index in [1.165, 1.54) is 31.7 Å². The monoisotopic (exact) mass is 242 g/mol. The second-order valence-electron chi connectivity index (χ2n) is 4.53. The summed E-state index contributed by atoms with van der Waals surface area (Å²) in [6.45, 7) is 11.9. The van der Waals surface area contributed by atoms with Crippen LogP contribution in [0.4, 0.5) is 0 Å². The zero-order valence-corrected chi connectivity index (χ0v) is 11.6. The molecule has 1 fully saturated rings. The van der Waals surface area contributed by atoms with E-state index in [1.54, 1.807) is 0 Å². The Morgan fingerprint density at radius 3 is 3.00 bits per heavy atom. The molecule has 2 unspecified atom stereocenters. The average Bonchev–Trinajstić information content (AvgIpc) is 2.27. The van der Waals surface area contributed by atoms with Gasteiger partial charge in [-0.1, -0.05) is 13.0 Å². The minimum atomic E-state index is 0.738. The van der Waals surface area contributed by atoms with Crippen LogP contribution in [-0.4, -0.2) is 48.1 Å². The molecule has 1 N–H and O–H groups in total. The minimum Gasteiger partial charge on any atom is -0.314 e. The third-order valence-electron chi connectivity index (χ3n) is 3.27. The normalized spacial score (nSPS) is 26.9. The zero-order valence-electron chi connectivity index (χ0n) is 10.7. The van der Waals surface area contributed by atoms with E-state index in [-0.39, 0.29) is 0 Å². The van der Waals surface area contributed by atoms with Gasteiger partial charge in [0.2, 0.25) is 0 Å². The maximum absolute atomic E-state index is 3.75. The average molecular weight is 242 g/mol. The molecule has 0 spiro atoms. The van der Waals surface area contributed by atoms with Crippen LogP contribution in [0.1, 0.15) is 26.7 Å². The molecular formula is C13H26N2S. The molecule has 0 radical (unpaired) electrons. The van der Waals surface area contributed by atoms with E-state index in [4.69, 9.17) is 0 Å². The molecule has 1 heterocycles. The van der Waals surface area contributed by atoms with Gasteiger partial charge in [-0.05, 0) is 32.9 Å². The van der Waals surface area contributed by atoms with Gasteiger partial charge in [-0.25, -0.2) is 0 Å². The van der Waals surface area contributed by atoms with Gasteiger partial charge in [0.15, 0.2) is 0 Å². The summed E-state index contributed by atoms with van der Waals surface area (Å²) >= 11 is 1.98. The van der Waals surface area contributed by atoms with Crippen LogP contribution in [0.3, 0.4) is 0 Å². The van der Waals surface area contributed by atoms with E-state index in [0.29, 0.717) is 0 Å². The van der Waals surface area contributed by atoms with Gasteiger partial charge in [-0.3, -0.25) is 4.90 Å². The largest absolute Gasteiger partial charge is 0.314 e. The Balaban J connectivity index is 2.17. The van der Waals surface area contributed by atoms with Gasteiger partial charge >= 0.3 is 0 Å². The van der Waals surface area contributed by atoms with Crippen LogP contribution in [-0.2, 0) is 0 Å². The van der Waals surface area contributed by atoms with E-state index in [0.717, 1.165) is 24.4 Å². The number of hydrogen-bond donors (Lipinski definition) is 1. The predicted octanol–water partition coefficient (Wildman–Crippen LogP) is 2.37. The molecule has 2 nitrogen and oxygen atoms in total. The second kappa shape index (κ2) is 8.15. The first-order chi connectivity index (χ1) is 7.77. The van der Waals surface area contributed by atoms with Gasteiger partial charge in [0.05, 0.1) is 0 Å². The van der Waals surface area contributed by atoms with Crippen molar-refractivity contribution in [3.05, 3.63) is 12.7 Å². The lowest BCUT2D eigenvalue weighted by Crippen LogP contribution is -2.48. The Morgan fingerprint density at radius 2 is 2.38 bits per heavy atom. The van der Waals surface area contributed by atoms with Crippen LogP contribution in [0.15, 0.2) is 12.7 Å². The van der Waals surface area contributed by atoms with Gasteiger partial charge in [0.1, 0.15) is 0 Å². The standard InChI is InChI=1S/C13H26N2S/c1-4-9-16-10-8-15-7-6-13(14-5-2)11-12(15)3/h4,12-14H,1,5-11H2,2-3H3. The Kier molecular flexibility index (Phi) is 7.17. The molecule has 0 amide bonds. The molecule has 0 saturated carbocycles. The molecule has 1 aliphatic rings. The smallest absolute Gasteiger partial charge is 0.0111 e. The predicted molar refractivity (Wildman–Crippen MR) is 75.3 cm³/mol. The molecule has 1 aliphatic heterocycles. The molecule has 2 atom stereocenters. The zero-order chi connectivity index (χ0) is 11.8. The Hall–Kier alpha value is 0.01000. The van der Waals surface area contributed by atoms with Crippen molar-refractivity contribution in [2.75, 3.05) is 31.1 Å². The van der Waals surface area contributed by atoms with Crippen molar-refractivity contribution >= 4 is 11.8 Å². The number of rotatable bonds is 7. The van der Waals surface area contributed by atoms with E-state index in [9.17, 15) is 0 Å². The number of hydrogen-bond acceptors (Lipinski definition) is 3. The second-order valence-corrected chi connectivity index (χ2v) is 5.68. The molecule has 0 aromatic carbocycles. The van der Waals surface area contributed by atoms with Gasteiger partial charge in [-0.2, -0.15) is 11.8 Å². The molecular weight excluding hydrogens is 216 g/mol. The molecule has 0 aromatic rings. The molecule has 3 heteroatoms. The van der Waals surface area contributed by atoms with Crippen LogP contribution in [0, 0.1) is 0 Å². The highest BCUT2D eigenvalue weighted by Crippen LogP contribution is 2.17. The summed E-state index contributed by atoms with van der Waals surface area (Å²) in [7, 11) is 0. The topological polar surface area (TPSA) is 15.3 Å². The SMILES string of the molecule is C=CCSCCN1CCC(NCC)CC1C. The first-order valence-corrected chi connectivity index (χ1v) is 7.59. The molecule has 1 rings (SSSR count). The summed E-state index contributed by atoms with van der Waals surface area (Å²) < 4.78 is 0. The molecule has 0 bridgehead atoms. The molecule has 94 valence electrons. The molecule has 1 saturated heterocycles. The summed E-state index contributed by atoms with van der Waals surface area (Å²) in [5.74, 6) is 2.32. The number of likely N-dealkylation sites (tertiary alicyclic amines) is 1. The lowest BCUT2D eigenvalue weighted by Gasteiger charge is -2.37. The fourth-order valence-electron chi connectivity index (χ4n) is 2.38. The van der Waals surface area contributed by atoms with Crippen molar-refractivity contribution < 1.29 is 0 Å². The maximum Gasteiger partial charge on any atom is 0.0111 e. The first kappa shape index (κ1) is 14.1. The summed E-state index contributed by atoms with van der Waals surface area (Å²) in [5, 5.41) is 3.57. The number of nitrogens with zero attached hydrogens (tertiary/aromatic N) is 1. The molecule has 0 aromatic heterocycles. The molecule has 0 aliphatic carbocycles. The lowest BCUT2D eigenvalue weighted by molar-refractivity contribution is 0.145. The van der Waals surface area contributed by atoms with E-state index < -0.39 is 0 Å². The van der Waals surface area contributed by atoms with E-state index in [1.807, 2.05) is 17.8 Å². The van der Waals surface area contributed by atoms with Crippen LogP contribution in [0.5, 0.6) is 0 Å². The molecule has 16 heavy (non-hydrogen) atoms. The lowest BCUT2D eigenvalue weighted by atomic mass is 9.98. The van der Waals surface area contributed by atoms with Gasteiger partial charge < -0.3 is 5.32 Å². The number of piperidine rings is 1. The van der Waals surface area contributed by atoms with Crippen molar-refractivity contribution in [2.45, 2.75) is 38.8 Å². The highest BCUT2D eigenvalue weighted by atomic mass is 32.2. The van der Waals surface area contributed by atoms with Crippen molar-refractivity contribution in [1.82, 2.24) is 10.2 Å². The van der Waals surface area contributed by atoms with E-state index in [2.05, 4.69) is 30.6 Å².